The number of benzene rings is 5. The van der Waals surface area contributed by atoms with Gasteiger partial charge in [0, 0.05) is 30.3 Å². The van der Waals surface area contributed by atoms with Crippen LogP contribution in [0, 0.1) is 11.8 Å². The second-order valence-corrected chi connectivity index (χ2v) is 12.4. The lowest BCUT2D eigenvalue weighted by Crippen LogP contribution is -2.10. The van der Waals surface area contributed by atoms with Gasteiger partial charge < -0.3 is 14.4 Å². The van der Waals surface area contributed by atoms with Gasteiger partial charge in [0.05, 0.1) is 13.2 Å². The van der Waals surface area contributed by atoms with Crippen LogP contribution in [0.5, 0.6) is 0 Å². The van der Waals surface area contributed by atoms with Crippen molar-refractivity contribution in [1.82, 2.24) is 0 Å². The van der Waals surface area contributed by atoms with Crippen molar-refractivity contribution in [1.29, 1.82) is 0 Å². The van der Waals surface area contributed by atoms with Gasteiger partial charge in [-0.3, -0.25) is 0 Å². The molecule has 0 N–H and O–H groups in total. The fourth-order valence-corrected chi connectivity index (χ4v) is 5.21. The van der Waals surface area contributed by atoms with Crippen molar-refractivity contribution in [2.75, 3.05) is 18.1 Å². The molecule has 0 spiro atoms. The lowest BCUT2D eigenvalue weighted by atomic mass is 9.95. The molecule has 0 aliphatic rings. The Morgan fingerprint density at radius 1 is 0.511 bits per heavy atom. The molecule has 45 heavy (non-hydrogen) atoms. The Bertz CT molecular complexity index is 1510. The molecule has 0 aliphatic heterocycles. The summed E-state index contributed by atoms with van der Waals surface area (Å²) in [6, 6.07) is 47.4. The molecule has 5 aromatic rings. The number of hydrogen-bond donors (Lipinski definition) is 0. The molecule has 0 radical (unpaired) electrons. The fourth-order valence-electron chi connectivity index (χ4n) is 5.21. The molecule has 3 nitrogen and oxygen atoms in total. The van der Waals surface area contributed by atoms with Crippen LogP contribution < -0.4 is 4.90 Å². The van der Waals surface area contributed by atoms with E-state index in [0.29, 0.717) is 25.0 Å². The first-order valence-corrected chi connectivity index (χ1v) is 16.0. The zero-order valence-electron chi connectivity index (χ0n) is 27.0. The average molecular weight is 596 g/mol. The smallest absolute Gasteiger partial charge is 0.0717 e. The van der Waals surface area contributed by atoms with Crippen LogP contribution in [-0.2, 0) is 22.7 Å². The highest BCUT2D eigenvalue weighted by Gasteiger charge is 2.14. The maximum Gasteiger partial charge on any atom is 0.0717 e. The third kappa shape index (κ3) is 9.28. The Balaban J connectivity index is 1.45. The Kier molecular flexibility index (Phi) is 11.4. The van der Waals surface area contributed by atoms with E-state index in [9.17, 15) is 0 Å². The highest BCUT2D eigenvalue weighted by atomic mass is 16.5. The summed E-state index contributed by atoms with van der Waals surface area (Å²) in [6.45, 7) is 11.5. The second kappa shape index (κ2) is 16.0. The maximum absolute atomic E-state index is 5.89. The van der Waals surface area contributed by atoms with Crippen molar-refractivity contribution in [3.8, 4) is 0 Å². The summed E-state index contributed by atoms with van der Waals surface area (Å²) in [5, 5.41) is 0. The summed E-state index contributed by atoms with van der Waals surface area (Å²) < 4.78 is 11.8. The normalized spacial score (nSPS) is 11.2. The molecule has 5 rings (SSSR count). The predicted molar refractivity (Wildman–Crippen MR) is 190 cm³/mol. The van der Waals surface area contributed by atoms with Crippen molar-refractivity contribution in [3.63, 3.8) is 0 Å². The summed E-state index contributed by atoms with van der Waals surface area (Å²) in [6.07, 6.45) is 2.27. The largest absolute Gasteiger partial charge is 0.377 e. The van der Waals surface area contributed by atoms with Gasteiger partial charge in [0.15, 0.2) is 0 Å². The highest BCUT2D eigenvalue weighted by molar-refractivity contribution is 5.91. The topological polar surface area (TPSA) is 21.7 Å². The van der Waals surface area contributed by atoms with E-state index in [4.69, 9.17) is 9.47 Å². The van der Waals surface area contributed by atoms with Crippen molar-refractivity contribution < 1.29 is 9.47 Å². The summed E-state index contributed by atoms with van der Waals surface area (Å²) in [7, 11) is 0. The third-order valence-corrected chi connectivity index (χ3v) is 7.46. The molecule has 0 saturated carbocycles. The standard InChI is InChI=1S/C42H45NO2/c1-32(2)28-44-30-35-17-23-40(24-18-35)43(41-25-19-36(20-26-41)31-45-29-33(3)4)39-21-15-34(16-22-39)27-42(37-11-7-5-8-12-37)38-13-9-6-10-14-38/h5-27,32-33H,28-31H2,1-4H3. The molecule has 0 atom stereocenters. The van der Waals surface area contributed by atoms with E-state index in [1.54, 1.807) is 0 Å². The molecule has 5 aromatic carbocycles. The Morgan fingerprint density at radius 3 is 1.27 bits per heavy atom. The van der Waals surface area contributed by atoms with Crippen LogP contribution in [0.4, 0.5) is 17.1 Å². The lowest BCUT2D eigenvalue weighted by Gasteiger charge is -2.26. The lowest BCUT2D eigenvalue weighted by molar-refractivity contribution is 0.0971. The molecular weight excluding hydrogens is 550 g/mol. The minimum atomic E-state index is 0.521. The SMILES string of the molecule is CC(C)COCc1ccc(N(c2ccc(C=C(c3ccccc3)c3ccccc3)cc2)c2ccc(COCC(C)C)cc2)cc1. The average Bonchev–Trinajstić information content (AvgIpc) is 3.06. The van der Waals surface area contributed by atoms with E-state index >= 15 is 0 Å². The van der Waals surface area contributed by atoms with Crippen molar-refractivity contribution in [2.24, 2.45) is 11.8 Å². The monoisotopic (exact) mass is 595 g/mol. The quantitative estimate of drug-likeness (QED) is 0.119. The van der Waals surface area contributed by atoms with Gasteiger partial charge >= 0.3 is 0 Å². The van der Waals surface area contributed by atoms with Crippen molar-refractivity contribution in [3.05, 3.63) is 161 Å². The zero-order chi connectivity index (χ0) is 31.4. The molecule has 0 fully saturated rings. The number of rotatable bonds is 14. The molecule has 0 saturated heterocycles. The number of ether oxygens (including phenoxy) is 2. The second-order valence-electron chi connectivity index (χ2n) is 12.4. The molecule has 0 heterocycles. The Morgan fingerprint density at radius 2 is 0.889 bits per heavy atom. The first-order chi connectivity index (χ1) is 22.0. The maximum atomic E-state index is 5.89. The summed E-state index contributed by atoms with van der Waals surface area (Å²) >= 11 is 0. The molecule has 3 heteroatoms. The minimum absolute atomic E-state index is 0.521. The third-order valence-electron chi connectivity index (χ3n) is 7.46. The number of hydrogen-bond acceptors (Lipinski definition) is 3. The zero-order valence-corrected chi connectivity index (χ0v) is 27.0. The Labute approximate surface area is 269 Å². The molecule has 0 aliphatic carbocycles. The van der Waals surface area contributed by atoms with Crippen LogP contribution in [0.25, 0.3) is 11.6 Å². The van der Waals surface area contributed by atoms with Gasteiger partial charge in [-0.2, -0.15) is 0 Å². The Hall–Kier alpha value is -4.44. The summed E-state index contributed by atoms with van der Waals surface area (Å²) in [5.41, 5.74) is 10.4. The van der Waals surface area contributed by atoms with E-state index in [2.05, 4.69) is 172 Å². The van der Waals surface area contributed by atoms with E-state index in [1.807, 2.05) is 0 Å². The van der Waals surface area contributed by atoms with Gasteiger partial charge in [0.2, 0.25) is 0 Å². The molecule has 0 bridgehead atoms. The van der Waals surface area contributed by atoms with Crippen molar-refractivity contribution in [2.45, 2.75) is 40.9 Å². The van der Waals surface area contributed by atoms with Gasteiger partial charge in [0.1, 0.15) is 0 Å². The minimum Gasteiger partial charge on any atom is -0.377 e. The fraction of sp³-hybridized carbons (Fsp3) is 0.238. The van der Waals surface area contributed by atoms with Gasteiger partial charge in [-0.25, -0.2) is 0 Å². The molecule has 0 aromatic heterocycles. The van der Waals surface area contributed by atoms with Crippen LogP contribution in [0.2, 0.25) is 0 Å². The van der Waals surface area contributed by atoms with Crippen LogP contribution in [-0.4, -0.2) is 13.2 Å². The van der Waals surface area contributed by atoms with Crippen molar-refractivity contribution >= 4 is 28.7 Å². The highest BCUT2D eigenvalue weighted by Crippen LogP contribution is 2.36. The molecule has 230 valence electrons. The first kappa shape index (κ1) is 32.0. The van der Waals surface area contributed by atoms with Gasteiger partial charge in [-0.1, -0.05) is 125 Å². The van der Waals surface area contributed by atoms with Gasteiger partial charge in [-0.05, 0) is 87.7 Å². The van der Waals surface area contributed by atoms with E-state index in [-0.39, 0.29) is 0 Å². The van der Waals surface area contributed by atoms with Crippen LogP contribution in [0.3, 0.4) is 0 Å². The molecular formula is C42H45NO2. The molecule has 0 unspecified atom stereocenters. The van der Waals surface area contributed by atoms with E-state index in [1.165, 1.54) is 27.8 Å². The predicted octanol–water partition coefficient (Wildman–Crippen LogP) is 11.1. The van der Waals surface area contributed by atoms with Crippen LogP contribution in [0.1, 0.15) is 55.5 Å². The van der Waals surface area contributed by atoms with Crippen LogP contribution in [0.15, 0.2) is 133 Å². The van der Waals surface area contributed by atoms with Gasteiger partial charge in [0.25, 0.3) is 0 Å². The van der Waals surface area contributed by atoms with E-state index in [0.717, 1.165) is 35.8 Å². The summed E-state index contributed by atoms with van der Waals surface area (Å²) in [5.74, 6) is 1.04. The number of nitrogens with zero attached hydrogens (tertiary/aromatic N) is 1. The number of anilines is 3. The van der Waals surface area contributed by atoms with Crippen LogP contribution >= 0.6 is 0 Å². The van der Waals surface area contributed by atoms with E-state index < -0.39 is 0 Å². The molecule has 0 amide bonds. The van der Waals surface area contributed by atoms with Gasteiger partial charge in [-0.15, -0.1) is 0 Å². The first-order valence-electron chi connectivity index (χ1n) is 16.0. The summed E-state index contributed by atoms with van der Waals surface area (Å²) in [4.78, 5) is 2.31.